The van der Waals surface area contributed by atoms with Gasteiger partial charge in [0.25, 0.3) is 0 Å². The minimum atomic E-state index is -3.88. The third-order valence-electron chi connectivity index (χ3n) is 5.18. The van der Waals surface area contributed by atoms with Crippen molar-refractivity contribution >= 4 is 21.7 Å². The zero-order valence-electron chi connectivity index (χ0n) is 19.3. The molecule has 0 fully saturated rings. The van der Waals surface area contributed by atoms with Crippen molar-refractivity contribution in [1.82, 2.24) is 14.6 Å². The SMILES string of the molecule is CC(=O)c1ccc(S(=O)(=O)N(C)CC(=O)NC(C)c2cccc(OCc3ccccn3)c2)cc1. The van der Waals surface area contributed by atoms with Crippen LogP contribution in [0.25, 0.3) is 0 Å². The van der Waals surface area contributed by atoms with Crippen molar-refractivity contribution in [2.75, 3.05) is 13.6 Å². The van der Waals surface area contributed by atoms with Gasteiger partial charge in [-0.25, -0.2) is 8.42 Å². The summed E-state index contributed by atoms with van der Waals surface area (Å²) in [6, 6.07) is 18.2. The molecule has 9 heteroatoms. The molecule has 1 atom stereocenters. The number of amides is 1. The fourth-order valence-electron chi connectivity index (χ4n) is 3.21. The van der Waals surface area contributed by atoms with E-state index in [0.717, 1.165) is 15.6 Å². The summed E-state index contributed by atoms with van der Waals surface area (Å²) in [7, 11) is -2.54. The standard InChI is InChI=1S/C25H27N3O5S/c1-18(21-7-6-9-23(15-21)33-17-22-8-4-5-14-26-22)27-25(30)16-28(3)34(31,32)24-12-10-20(11-13-24)19(2)29/h4-15,18H,16-17H2,1-3H3,(H,27,30). The normalized spacial score (nSPS) is 12.2. The van der Waals surface area contributed by atoms with Crippen LogP contribution in [0, 0.1) is 0 Å². The predicted molar refractivity (Wildman–Crippen MR) is 128 cm³/mol. The molecule has 178 valence electrons. The lowest BCUT2D eigenvalue weighted by molar-refractivity contribution is -0.121. The molecular weight excluding hydrogens is 454 g/mol. The Bertz CT molecular complexity index is 1250. The number of nitrogens with zero attached hydrogens (tertiary/aromatic N) is 2. The van der Waals surface area contributed by atoms with Crippen molar-refractivity contribution in [2.45, 2.75) is 31.4 Å². The Morgan fingerprint density at radius 2 is 1.79 bits per heavy atom. The number of hydrogen-bond donors (Lipinski definition) is 1. The first-order valence-electron chi connectivity index (χ1n) is 10.7. The average molecular weight is 482 g/mol. The Labute approximate surface area is 199 Å². The number of sulfonamides is 1. The maximum absolute atomic E-state index is 12.8. The predicted octanol–water partition coefficient (Wildman–Crippen LogP) is 3.36. The number of nitrogens with one attached hydrogen (secondary N) is 1. The van der Waals surface area contributed by atoms with Crippen LogP contribution in [0.1, 0.15) is 41.5 Å². The topological polar surface area (TPSA) is 106 Å². The number of Topliss-reactive ketones (excluding diaryl/α,β-unsaturated/α-hetero) is 1. The molecule has 3 aromatic rings. The van der Waals surface area contributed by atoms with Crippen LogP contribution in [-0.2, 0) is 21.4 Å². The molecule has 0 aliphatic carbocycles. The fourth-order valence-corrected chi connectivity index (χ4v) is 4.34. The molecule has 0 radical (unpaired) electrons. The fraction of sp³-hybridized carbons (Fsp3) is 0.240. The van der Waals surface area contributed by atoms with E-state index in [9.17, 15) is 18.0 Å². The molecule has 34 heavy (non-hydrogen) atoms. The maximum Gasteiger partial charge on any atom is 0.243 e. The lowest BCUT2D eigenvalue weighted by Gasteiger charge is -2.20. The number of carbonyl (C=O) groups excluding carboxylic acids is 2. The second kappa shape index (κ2) is 11.0. The Balaban J connectivity index is 1.59. The number of likely N-dealkylation sites (N-methyl/N-ethyl adjacent to an activating group) is 1. The van der Waals surface area contributed by atoms with E-state index in [4.69, 9.17) is 4.74 Å². The summed E-state index contributed by atoms with van der Waals surface area (Å²) in [4.78, 5) is 28.2. The van der Waals surface area contributed by atoms with E-state index in [-0.39, 0.29) is 23.3 Å². The minimum Gasteiger partial charge on any atom is -0.487 e. The first-order chi connectivity index (χ1) is 16.2. The summed E-state index contributed by atoms with van der Waals surface area (Å²) in [6.45, 7) is 3.19. The van der Waals surface area contributed by atoms with Crippen LogP contribution in [0.5, 0.6) is 5.75 Å². The molecule has 0 aliphatic heterocycles. The Morgan fingerprint density at radius 3 is 2.44 bits per heavy atom. The zero-order valence-corrected chi connectivity index (χ0v) is 20.1. The molecule has 8 nitrogen and oxygen atoms in total. The summed E-state index contributed by atoms with van der Waals surface area (Å²) in [5.74, 6) is 0.0357. The molecule has 2 aromatic carbocycles. The molecule has 0 saturated carbocycles. The van der Waals surface area contributed by atoms with Crippen molar-refractivity contribution in [2.24, 2.45) is 0 Å². The van der Waals surface area contributed by atoms with E-state index in [1.807, 2.05) is 49.4 Å². The van der Waals surface area contributed by atoms with Crippen LogP contribution in [0.2, 0.25) is 0 Å². The smallest absolute Gasteiger partial charge is 0.243 e. The van der Waals surface area contributed by atoms with E-state index in [1.54, 1.807) is 6.20 Å². The Kier molecular flexibility index (Phi) is 8.14. The summed E-state index contributed by atoms with van der Waals surface area (Å²) in [5, 5.41) is 2.82. The summed E-state index contributed by atoms with van der Waals surface area (Å²) in [5.41, 5.74) is 2.03. The van der Waals surface area contributed by atoms with Crippen LogP contribution in [0.15, 0.2) is 77.8 Å². The van der Waals surface area contributed by atoms with E-state index in [1.165, 1.54) is 38.2 Å². The van der Waals surface area contributed by atoms with Crippen LogP contribution in [0.3, 0.4) is 0 Å². The summed E-state index contributed by atoms with van der Waals surface area (Å²) < 4.78 is 32.3. The average Bonchev–Trinajstić information content (AvgIpc) is 2.83. The lowest BCUT2D eigenvalue weighted by atomic mass is 10.1. The third kappa shape index (κ3) is 6.49. The van der Waals surface area contributed by atoms with Crippen LogP contribution >= 0.6 is 0 Å². The van der Waals surface area contributed by atoms with Crippen LogP contribution < -0.4 is 10.1 Å². The van der Waals surface area contributed by atoms with E-state index < -0.39 is 15.9 Å². The van der Waals surface area contributed by atoms with Gasteiger partial charge in [0, 0.05) is 18.8 Å². The highest BCUT2D eigenvalue weighted by atomic mass is 32.2. The van der Waals surface area contributed by atoms with Crippen molar-refractivity contribution in [3.8, 4) is 5.75 Å². The Hall–Kier alpha value is -3.56. The number of aromatic nitrogens is 1. The zero-order chi connectivity index (χ0) is 24.7. The van der Waals surface area contributed by atoms with Crippen molar-refractivity contribution < 1.29 is 22.7 Å². The van der Waals surface area contributed by atoms with Gasteiger partial charge in [0.2, 0.25) is 15.9 Å². The number of ketones is 1. The third-order valence-corrected chi connectivity index (χ3v) is 7.00. The molecule has 1 N–H and O–H groups in total. The van der Waals surface area contributed by atoms with Gasteiger partial charge in [-0.1, -0.05) is 30.3 Å². The highest BCUT2D eigenvalue weighted by Gasteiger charge is 2.24. The molecule has 0 bridgehead atoms. The Morgan fingerprint density at radius 1 is 1.06 bits per heavy atom. The monoisotopic (exact) mass is 481 g/mol. The molecule has 0 spiro atoms. The number of hydrogen-bond acceptors (Lipinski definition) is 6. The first kappa shape index (κ1) is 25.1. The minimum absolute atomic E-state index is 0.0126. The van der Waals surface area contributed by atoms with Gasteiger partial charge in [0.1, 0.15) is 12.4 Å². The van der Waals surface area contributed by atoms with Gasteiger partial charge < -0.3 is 10.1 Å². The molecule has 1 unspecified atom stereocenters. The van der Waals surface area contributed by atoms with E-state index in [2.05, 4.69) is 10.3 Å². The summed E-state index contributed by atoms with van der Waals surface area (Å²) >= 11 is 0. The van der Waals surface area contributed by atoms with Crippen LogP contribution in [-0.4, -0.2) is 43.0 Å². The van der Waals surface area contributed by atoms with Gasteiger partial charge in [-0.3, -0.25) is 14.6 Å². The number of rotatable bonds is 10. The number of pyridine rings is 1. The highest BCUT2D eigenvalue weighted by molar-refractivity contribution is 7.89. The molecule has 0 saturated heterocycles. The molecule has 3 rings (SSSR count). The summed E-state index contributed by atoms with van der Waals surface area (Å²) in [6.07, 6.45) is 1.70. The van der Waals surface area contributed by atoms with Crippen molar-refractivity contribution in [3.63, 3.8) is 0 Å². The molecule has 0 aliphatic rings. The van der Waals surface area contributed by atoms with Gasteiger partial charge in [-0.05, 0) is 55.8 Å². The largest absolute Gasteiger partial charge is 0.487 e. The second-order valence-corrected chi connectivity index (χ2v) is 9.86. The number of ether oxygens (including phenoxy) is 1. The van der Waals surface area contributed by atoms with Crippen molar-refractivity contribution in [1.29, 1.82) is 0 Å². The first-order valence-corrected chi connectivity index (χ1v) is 12.1. The van der Waals surface area contributed by atoms with Crippen LogP contribution in [0.4, 0.5) is 0 Å². The lowest BCUT2D eigenvalue weighted by Crippen LogP contribution is -2.39. The van der Waals surface area contributed by atoms with Gasteiger partial charge in [-0.2, -0.15) is 4.31 Å². The van der Waals surface area contributed by atoms with Gasteiger partial charge in [0.05, 0.1) is 23.2 Å². The number of benzene rings is 2. The van der Waals surface area contributed by atoms with Gasteiger partial charge in [0.15, 0.2) is 5.78 Å². The molecule has 1 heterocycles. The molecule has 1 amide bonds. The maximum atomic E-state index is 12.8. The second-order valence-electron chi connectivity index (χ2n) is 7.81. The van der Waals surface area contributed by atoms with E-state index in [0.29, 0.717) is 17.9 Å². The van der Waals surface area contributed by atoms with E-state index >= 15 is 0 Å². The molecular formula is C25H27N3O5S. The van der Waals surface area contributed by atoms with Gasteiger partial charge >= 0.3 is 0 Å². The quantitative estimate of drug-likeness (QED) is 0.445. The highest BCUT2D eigenvalue weighted by Crippen LogP contribution is 2.20. The number of carbonyl (C=O) groups is 2. The van der Waals surface area contributed by atoms with Gasteiger partial charge in [-0.15, -0.1) is 0 Å². The van der Waals surface area contributed by atoms with Crippen molar-refractivity contribution in [3.05, 3.63) is 89.7 Å². The molecule has 1 aromatic heterocycles.